The molecule has 2 N–H and O–H groups in total. The van der Waals surface area contributed by atoms with E-state index < -0.39 is 0 Å². The summed E-state index contributed by atoms with van der Waals surface area (Å²) < 4.78 is 3.50. The van der Waals surface area contributed by atoms with Crippen molar-refractivity contribution in [3.05, 3.63) is 64.5 Å². The average Bonchev–Trinajstić information content (AvgIpc) is 2.75. The maximum absolute atomic E-state index is 11.7. The lowest BCUT2D eigenvalue weighted by molar-refractivity contribution is 0.746. The molecule has 0 saturated heterocycles. The minimum atomic E-state index is -0.0811. The third kappa shape index (κ3) is 2.22. The molecule has 3 rings (SSSR count). The Bertz CT molecular complexity index is 801. The Morgan fingerprint density at radius 3 is 2.95 bits per heavy atom. The number of hydrogen-bond acceptors (Lipinski definition) is 3. The van der Waals surface area contributed by atoms with Gasteiger partial charge in [-0.25, -0.2) is 4.98 Å². The highest BCUT2D eigenvalue weighted by Crippen LogP contribution is 2.08. The summed E-state index contributed by atoms with van der Waals surface area (Å²) in [6.07, 6.45) is 5.52. The number of aryl methyl sites for hydroxylation is 1. The molecule has 19 heavy (non-hydrogen) atoms. The van der Waals surface area contributed by atoms with Crippen LogP contribution in [0, 0.1) is 6.92 Å². The molecule has 0 fully saturated rings. The molecule has 0 radical (unpaired) electrons. The van der Waals surface area contributed by atoms with Crippen molar-refractivity contribution in [2.45, 2.75) is 13.5 Å². The van der Waals surface area contributed by atoms with Crippen molar-refractivity contribution in [2.75, 3.05) is 5.73 Å². The summed E-state index contributed by atoms with van der Waals surface area (Å²) in [6.45, 7) is 2.45. The van der Waals surface area contributed by atoms with Crippen molar-refractivity contribution < 1.29 is 0 Å². The van der Waals surface area contributed by atoms with E-state index in [4.69, 9.17) is 5.73 Å². The van der Waals surface area contributed by atoms with E-state index in [1.54, 1.807) is 16.8 Å². The summed E-state index contributed by atoms with van der Waals surface area (Å²) in [4.78, 5) is 16.2. The molecular weight excluding hydrogens is 240 g/mol. The van der Waals surface area contributed by atoms with E-state index in [0.717, 1.165) is 16.9 Å². The Morgan fingerprint density at radius 1 is 1.26 bits per heavy atom. The van der Waals surface area contributed by atoms with Crippen LogP contribution in [0.3, 0.4) is 0 Å². The van der Waals surface area contributed by atoms with Gasteiger partial charge in [0.15, 0.2) is 0 Å². The summed E-state index contributed by atoms with van der Waals surface area (Å²) in [5, 5.41) is 0. The average molecular weight is 254 g/mol. The highest BCUT2D eigenvalue weighted by Gasteiger charge is 2.04. The first-order valence-corrected chi connectivity index (χ1v) is 6.02. The van der Waals surface area contributed by atoms with Crippen molar-refractivity contribution in [1.82, 2.24) is 14.0 Å². The fraction of sp³-hybridized carbons (Fsp3) is 0.143. The quantitative estimate of drug-likeness (QED) is 0.752. The molecule has 0 unspecified atom stereocenters. The van der Waals surface area contributed by atoms with E-state index in [1.165, 1.54) is 6.07 Å². The van der Waals surface area contributed by atoms with Gasteiger partial charge in [0.25, 0.3) is 5.56 Å². The van der Waals surface area contributed by atoms with Crippen LogP contribution in [0.2, 0.25) is 0 Å². The molecule has 0 aromatic carbocycles. The van der Waals surface area contributed by atoms with Gasteiger partial charge in [-0.1, -0.05) is 0 Å². The number of rotatable bonds is 2. The normalized spacial score (nSPS) is 11.0. The minimum absolute atomic E-state index is 0.0811. The van der Waals surface area contributed by atoms with Gasteiger partial charge in [0.05, 0.1) is 12.2 Å². The van der Waals surface area contributed by atoms with E-state index in [2.05, 4.69) is 4.98 Å². The fourth-order valence-corrected chi connectivity index (χ4v) is 2.06. The zero-order valence-corrected chi connectivity index (χ0v) is 10.6. The number of imidazole rings is 1. The molecule has 5 heteroatoms. The number of aromatic nitrogens is 3. The number of nitrogen functional groups attached to an aromatic ring is 1. The largest absolute Gasteiger partial charge is 0.398 e. The summed E-state index contributed by atoms with van der Waals surface area (Å²) in [5.41, 5.74) is 9.05. The van der Waals surface area contributed by atoms with Crippen molar-refractivity contribution in [3.63, 3.8) is 0 Å². The third-order valence-electron chi connectivity index (χ3n) is 3.00. The van der Waals surface area contributed by atoms with Gasteiger partial charge in [-0.2, -0.15) is 0 Å². The van der Waals surface area contributed by atoms with Gasteiger partial charge in [-0.15, -0.1) is 0 Å². The smallest absolute Gasteiger partial charge is 0.251 e. The maximum atomic E-state index is 11.7. The highest BCUT2D eigenvalue weighted by atomic mass is 16.1. The van der Waals surface area contributed by atoms with Crippen molar-refractivity contribution in [3.8, 4) is 0 Å². The van der Waals surface area contributed by atoms with Crippen LogP contribution in [-0.2, 0) is 6.54 Å². The summed E-state index contributed by atoms with van der Waals surface area (Å²) in [7, 11) is 0. The predicted octanol–water partition coefficient (Wildman–Crippen LogP) is 1.43. The van der Waals surface area contributed by atoms with Crippen molar-refractivity contribution in [2.24, 2.45) is 0 Å². The standard InChI is InChI=1S/C14H14N4O/c1-10-4-5-17-8-12(16-13(17)6-10)9-18-7-11(15)2-3-14(18)19/h2-8H,9,15H2,1H3. The van der Waals surface area contributed by atoms with Crippen molar-refractivity contribution >= 4 is 11.3 Å². The molecule has 0 aliphatic heterocycles. The molecule has 0 aliphatic carbocycles. The number of hydrogen-bond donors (Lipinski definition) is 1. The fourth-order valence-electron chi connectivity index (χ4n) is 2.06. The van der Waals surface area contributed by atoms with Crippen LogP contribution < -0.4 is 11.3 Å². The molecule has 3 aromatic rings. The van der Waals surface area contributed by atoms with Crippen LogP contribution in [-0.4, -0.2) is 14.0 Å². The Morgan fingerprint density at radius 2 is 2.11 bits per heavy atom. The SMILES string of the molecule is Cc1ccn2cc(Cn3cc(N)ccc3=O)nc2c1. The molecule has 0 saturated carbocycles. The molecule has 0 aliphatic rings. The lowest BCUT2D eigenvalue weighted by Crippen LogP contribution is -2.19. The molecular formula is C14H14N4O. The van der Waals surface area contributed by atoms with E-state index >= 15 is 0 Å². The first-order chi connectivity index (χ1) is 9.11. The second kappa shape index (κ2) is 4.28. The highest BCUT2D eigenvalue weighted by molar-refractivity contribution is 5.42. The maximum Gasteiger partial charge on any atom is 0.251 e. The molecule has 3 heterocycles. The summed E-state index contributed by atoms with van der Waals surface area (Å²) in [6, 6.07) is 7.10. The zero-order valence-electron chi connectivity index (χ0n) is 10.6. The Kier molecular flexibility index (Phi) is 2.59. The Labute approximate surface area is 109 Å². The van der Waals surface area contributed by atoms with E-state index in [1.807, 2.05) is 35.9 Å². The first kappa shape index (κ1) is 11.5. The lowest BCUT2D eigenvalue weighted by atomic mass is 10.3. The van der Waals surface area contributed by atoms with E-state index in [9.17, 15) is 4.79 Å². The summed E-state index contributed by atoms with van der Waals surface area (Å²) in [5.74, 6) is 0. The minimum Gasteiger partial charge on any atom is -0.398 e. The molecule has 0 amide bonds. The van der Waals surface area contributed by atoms with Crippen LogP contribution in [0.15, 0.2) is 47.7 Å². The van der Waals surface area contributed by atoms with E-state index in [0.29, 0.717) is 12.2 Å². The Balaban J connectivity index is 2.01. The monoisotopic (exact) mass is 254 g/mol. The molecule has 3 aromatic heterocycles. The molecule has 0 atom stereocenters. The molecule has 5 nitrogen and oxygen atoms in total. The zero-order chi connectivity index (χ0) is 13.4. The second-order valence-electron chi connectivity index (χ2n) is 4.63. The number of nitrogens with zero attached hydrogens (tertiary/aromatic N) is 3. The van der Waals surface area contributed by atoms with Gasteiger partial charge in [0.1, 0.15) is 5.65 Å². The third-order valence-corrected chi connectivity index (χ3v) is 3.00. The topological polar surface area (TPSA) is 65.3 Å². The number of anilines is 1. The van der Waals surface area contributed by atoms with Crippen LogP contribution in [0.25, 0.3) is 5.65 Å². The first-order valence-electron chi connectivity index (χ1n) is 6.02. The van der Waals surface area contributed by atoms with Gasteiger partial charge in [-0.05, 0) is 30.7 Å². The Hall–Kier alpha value is -2.56. The van der Waals surface area contributed by atoms with Crippen LogP contribution in [0.4, 0.5) is 5.69 Å². The van der Waals surface area contributed by atoms with Crippen LogP contribution in [0.1, 0.15) is 11.3 Å². The molecule has 0 bridgehead atoms. The van der Waals surface area contributed by atoms with Gasteiger partial charge < -0.3 is 14.7 Å². The number of fused-ring (bicyclic) bond motifs is 1. The number of pyridine rings is 2. The van der Waals surface area contributed by atoms with Gasteiger partial charge >= 0.3 is 0 Å². The van der Waals surface area contributed by atoms with Gasteiger partial charge in [0, 0.05) is 30.3 Å². The predicted molar refractivity (Wildman–Crippen MR) is 74.1 cm³/mol. The van der Waals surface area contributed by atoms with E-state index in [-0.39, 0.29) is 5.56 Å². The van der Waals surface area contributed by atoms with Crippen LogP contribution >= 0.6 is 0 Å². The van der Waals surface area contributed by atoms with Crippen molar-refractivity contribution in [1.29, 1.82) is 0 Å². The summed E-state index contributed by atoms with van der Waals surface area (Å²) >= 11 is 0. The number of nitrogens with two attached hydrogens (primary N) is 1. The second-order valence-corrected chi connectivity index (χ2v) is 4.63. The molecule has 0 spiro atoms. The van der Waals surface area contributed by atoms with Gasteiger partial charge in [-0.3, -0.25) is 4.79 Å². The lowest BCUT2D eigenvalue weighted by Gasteiger charge is -2.03. The molecule has 96 valence electrons. The van der Waals surface area contributed by atoms with Gasteiger partial charge in [0.2, 0.25) is 0 Å². The van der Waals surface area contributed by atoms with Crippen LogP contribution in [0.5, 0.6) is 0 Å².